The van der Waals surface area contributed by atoms with Crippen LogP contribution in [0.5, 0.6) is 0 Å². The van der Waals surface area contributed by atoms with Crippen LogP contribution in [-0.4, -0.2) is 27.1 Å². The fourth-order valence-electron chi connectivity index (χ4n) is 1.94. The van der Waals surface area contributed by atoms with Crippen LogP contribution >= 0.6 is 43.5 Å². The number of nitrogens with one attached hydrogen (secondary N) is 1. The molecule has 2 aromatic rings. The number of hydrogen-bond donors (Lipinski definition) is 1. The summed E-state index contributed by atoms with van der Waals surface area (Å²) in [5.74, 6) is -0.477. The molecule has 2 aromatic carbocycles. The summed E-state index contributed by atoms with van der Waals surface area (Å²) in [6.07, 6.45) is 1.05. The second-order valence-corrected chi connectivity index (χ2v) is 8.92. The summed E-state index contributed by atoms with van der Waals surface area (Å²) < 4.78 is 26.5. The zero-order valence-electron chi connectivity index (χ0n) is 12.5. The largest absolute Gasteiger partial charge is 0.324 e. The fourth-order valence-corrected chi connectivity index (χ4v) is 3.85. The molecule has 0 heterocycles. The van der Waals surface area contributed by atoms with Crippen LogP contribution in [0, 0.1) is 0 Å². The Morgan fingerprint density at radius 2 is 1.83 bits per heavy atom. The SMILES string of the molecule is CS(=O)(=O)N(CC(=O)Nc1ccc(Br)c(Cl)c1)c1ccccc1Br. The zero-order chi connectivity index (χ0) is 17.9. The van der Waals surface area contributed by atoms with E-state index in [4.69, 9.17) is 11.6 Å². The number of rotatable bonds is 5. The van der Waals surface area contributed by atoms with Crippen molar-refractivity contribution in [3.63, 3.8) is 0 Å². The maximum Gasteiger partial charge on any atom is 0.245 e. The molecule has 0 aliphatic rings. The molecule has 0 unspecified atom stereocenters. The van der Waals surface area contributed by atoms with Crippen molar-refractivity contribution in [3.8, 4) is 0 Å². The number of amides is 1. The number of hydrogen-bond acceptors (Lipinski definition) is 3. The van der Waals surface area contributed by atoms with E-state index in [1.807, 2.05) is 0 Å². The maximum absolute atomic E-state index is 12.3. The summed E-state index contributed by atoms with van der Waals surface area (Å²) in [5.41, 5.74) is 0.873. The topological polar surface area (TPSA) is 66.5 Å². The van der Waals surface area contributed by atoms with Gasteiger partial charge in [0.1, 0.15) is 6.54 Å². The molecule has 128 valence electrons. The van der Waals surface area contributed by atoms with Crippen LogP contribution in [0.1, 0.15) is 0 Å². The fraction of sp³-hybridized carbons (Fsp3) is 0.133. The number of nitrogens with zero attached hydrogens (tertiary/aromatic N) is 1. The summed E-state index contributed by atoms with van der Waals surface area (Å²) in [5, 5.41) is 3.08. The molecule has 1 N–H and O–H groups in total. The van der Waals surface area contributed by atoms with Gasteiger partial charge in [-0.15, -0.1) is 0 Å². The average Bonchev–Trinajstić information content (AvgIpc) is 2.48. The molecule has 0 radical (unpaired) electrons. The van der Waals surface area contributed by atoms with Gasteiger partial charge in [0.05, 0.1) is 17.0 Å². The molecule has 0 aromatic heterocycles. The van der Waals surface area contributed by atoms with Crippen molar-refractivity contribution in [2.24, 2.45) is 0 Å². The van der Waals surface area contributed by atoms with Gasteiger partial charge >= 0.3 is 0 Å². The third-order valence-electron chi connectivity index (χ3n) is 3.01. The number of para-hydroxylation sites is 1. The van der Waals surface area contributed by atoms with Crippen molar-refractivity contribution >= 4 is 70.8 Å². The van der Waals surface area contributed by atoms with Gasteiger partial charge in [0.25, 0.3) is 0 Å². The number of carbonyl (C=O) groups excluding carboxylic acids is 1. The van der Waals surface area contributed by atoms with Crippen molar-refractivity contribution in [1.29, 1.82) is 0 Å². The Balaban J connectivity index is 2.22. The number of anilines is 2. The first kappa shape index (κ1) is 19.2. The number of sulfonamides is 1. The van der Waals surface area contributed by atoms with Gasteiger partial charge in [-0.3, -0.25) is 9.10 Å². The molecule has 0 saturated carbocycles. The van der Waals surface area contributed by atoms with Gasteiger partial charge < -0.3 is 5.32 Å². The van der Waals surface area contributed by atoms with Gasteiger partial charge in [-0.2, -0.15) is 0 Å². The Kier molecular flexibility index (Phi) is 6.30. The van der Waals surface area contributed by atoms with E-state index in [-0.39, 0.29) is 6.54 Å². The number of carbonyl (C=O) groups is 1. The normalized spacial score (nSPS) is 11.2. The Bertz CT molecular complexity index is 875. The first-order valence-corrected chi connectivity index (χ1v) is 10.5. The van der Waals surface area contributed by atoms with E-state index in [1.165, 1.54) is 0 Å². The van der Waals surface area contributed by atoms with Crippen LogP contribution in [0.25, 0.3) is 0 Å². The van der Waals surface area contributed by atoms with Crippen LogP contribution in [0.2, 0.25) is 5.02 Å². The quantitative estimate of drug-likeness (QED) is 0.672. The molecule has 0 aliphatic carbocycles. The second kappa shape index (κ2) is 7.86. The smallest absolute Gasteiger partial charge is 0.245 e. The Hall–Kier alpha value is -1.09. The summed E-state index contributed by atoms with van der Waals surface area (Å²) >= 11 is 12.5. The van der Waals surface area contributed by atoms with Crippen molar-refractivity contribution in [3.05, 3.63) is 56.4 Å². The minimum absolute atomic E-state index is 0.352. The van der Waals surface area contributed by atoms with E-state index in [2.05, 4.69) is 37.2 Å². The van der Waals surface area contributed by atoms with Gasteiger partial charge in [0.15, 0.2) is 0 Å². The van der Waals surface area contributed by atoms with Gasteiger partial charge in [-0.25, -0.2) is 8.42 Å². The van der Waals surface area contributed by atoms with E-state index in [0.717, 1.165) is 10.6 Å². The molecular weight excluding hydrogens is 484 g/mol. The Morgan fingerprint density at radius 1 is 1.17 bits per heavy atom. The molecule has 0 aliphatic heterocycles. The lowest BCUT2D eigenvalue weighted by Crippen LogP contribution is -2.37. The molecule has 24 heavy (non-hydrogen) atoms. The van der Waals surface area contributed by atoms with Crippen molar-refractivity contribution < 1.29 is 13.2 Å². The first-order valence-electron chi connectivity index (χ1n) is 6.65. The third-order valence-corrected chi connectivity index (χ3v) is 6.04. The lowest BCUT2D eigenvalue weighted by atomic mass is 10.3. The van der Waals surface area contributed by atoms with Crippen LogP contribution in [-0.2, 0) is 14.8 Å². The molecule has 0 fully saturated rings. The number of halogens is 3. The molecule has 0 spiro atoms. The van der Waals surface area contributed by atoms with Crippen LogP contribution in [0.4, 0.5) is 11.4 Å². The van der Waals surface area contributed by atoms with E-state index < -0.39 is 15.9 Å². The van der Waals surface area contributed by atoms with Crippen molar-refractivity contribution in [1.82, 2.24) is 0 Å². The van der Waals surface area contributed by atoms with E-state index in [0.29, 0.717) is 25.3 Å². The summed E-state index contributed by atoms with van der Waals surface area (Å²) in [6, 6.07) is 11.7. The molecule has 0 saturated heterocycles. The van der Waals surface area contributed by atoms with Crippen LogP contribution in [0.15, 0.2) is 51.4 Å². The molecular formula is C15H13Br2ClN2O3S. The second-order valence-electron chi connectivity index (χ2n) is 4.90. The summed E-state index contributed by atoms with van der Waals surface area (Å²) in [7, 11) is -3.63. The minimum atomic E-state index is -3.63. The van der Waals surface area contributed by atoms with E-state index >= 15 is 0 Å². The third kappa shape index (κ3) is 4.95. The van der Waals surface area contributed by atoms with E-state index in [9.17, 15) is 13.2 Å². The lowest BCUT2D eigenvalue weighted by Gasteiger charge is -2.23. The highest BCUT2D eigenvalue weighted by molar-refractivity contribution is 9.11. The Morgan fingerprint density at radius 3 is 2.42 bits per heavy atom. The maximum atomic E-state index is 12.3. The molecule has 5 nitrogen and oxygen atoms in total. The minimum Gasteiger partial charge on any atom is -0.324 e. The standard InChI is InChI=1S/C15H13Br2ClN2O3S/c1-24(22,23)20(14-5-3-2-4-12(14)17)9-15(21)19-10-6-7-11(16)13(18)8-10/h2-8H,9H2,1H3,(H,19,21). The van der Waals surface area contributed by atoms with Crippen LogP contribution < -0.4 is 9.62 Å². The highest BCUT2D eigenvalue weighted by Gasteiger charge is 2.22. The molecule has 0 atom stereocenters. The molecule has 1 amide bonds. The lowest BCUT2D eigenvalue weighted by molar-refractivity contribution is -0.114. The average molecular weight is 497 g/mol. The predicted molar refractivity (Wildman–Crippen MR) is 104 cm³/mol. The zero-order valence-corrected chi connectivity index (χ0v) is 17.2. The van der Waals surface area contributed by atoms with Crippen molar-refractivity contribution in [2.75, 3.05) is 22.4 Å². The van der Waals surface area contributed by atoms with Gasteiger partial charge in [0, 0.05) is 14.6 Å². The summed E-state index contributed by atoms with van der Waals surface area (Å²) in [6.45, 7) is -0.352. The van der Waals surface area contributed by atoms with Gasteiger partial charge in [-0.05, 0) is 62.2 Å². The highest BCUT2D eigenvalue weighted by Crippen LogP contribution is 2.28. The van der Waals surface area contributed by atoms with Gasteiger partial charge in [-0.1, -0.05) is 23.7 Å². The molecule has 0 bridgehead atoms. The molecule has 2 rings (SSSR count). The summed E-state index contributed by atoms with van der Waals surface area (Å²) in [4.78, 5) is 12.3. The monoisotopic (exact) mass is 494 g/mol. The first-order chi connectivity index (χ1) is 11.2. The number of benzene rings is 2. The van der Waals surface area contributed by atoms with Crippen LogP contribution in [0.3, 0.4) is 0 Å². The Labute approximate surface area is 162 Å². The molecule has 9 heteroatoms. The van der Waals surface area contributed by atoms with E-state index in [1.54, 1.807) is 42.5 Å². The van der Waals surface area contributed by atoms with Crippen molar-refractivity contribution in [2.45, 2.75) is 0 Å². The van der Waals surface area contributed by atoms with Gasteiger partial charge in [0.2, 0.25) is 15.9 Å². The predicted octanol–water partition coefficient (Wildman–Crippen LogP) is 4.27. The highest BCUT2D eigenvalue weighted by atomic mass is 79.9.